The Kier molecular flexibility index (Phi) is 5.92. The molecule has 1 aromatic rings. The van der Waals surface area contributed by atoms with E-state index in [1.165, 1.54) is 11.9 Å². The number of benzene rings is 1. The Hall–Kier alpha value is -1.29. The molecule has 0 bridgehead atoms. The van der Waals surface area contributed by atoms with Crippen LogP contribution < -0.4 is 4.72 Å². The zero-order chi connectivity index (χ0) is 13.5. The van der Waals surface area contributed by atoms with E-state index in [0.29, 0.717) is 6.42 Å². The number of rotatable bonds is 6. The maximum absolute atomic E-state index is 11.4. The SMILES string of the molecule is CC(=O)CCc1ccc(SNC(=O)C(C)C)cc1. The van der Waals surface area contributed by atoms with Gasteiger partial charge in [-0.1, -0.05) is 26.0 Å². The Balaban J connectivity index is 2.45. The Labute approximate surface area is 112 Å². The fourth-order valence-electron chi connectivity index (χ4n) is 1.27. The first kappa shape index (κ1) is 14.8. The number of amides is 1. The fraction of sp³-hybridized carbons (Fsp3) is 0.429. The summed E-state index contributed by atoms with van der Waals surface area (Å²) in [4.78, 5) is 23.3. The summed E-state index contributed by atoms with van der Waals surface area (Å²) >= 11 is 1.32. The minimum absolute atomic E-state index is 0.00709. The summed E-state index contributed by atoms with van der Waals surface area (Å²) in [6, 6.07) is 7.90. The molecule has 1 N–H and O–H groups in total. The lowest BCUT2D eigenvalue weighted by Gasteiger charge is -2.07. The Morgan fingerprint density at radius 3 is 2.33 bits per heavy atom. The molecule has 0 spiro atoms. The molecule has 0 atom stereocenters. The molecule has 0 aromatic heterocycles. The molecule has 0 aliphatic rings. The Morgan fingerprint density at radius 1 is 1.22 bits per heavy atom. The van der Waals surface area contributed by atoms with Gasteiger partial charge in [0.05, 0.1) is 0 Å². The van der Waals surface area contributed by atoms with Gasteiger partial charge in [-0.2, -0.15) is 0 Å². The van der Waals surface area contributed by atoms with E-state index in [1.54, 1.807) is 6.92 Å². The number of hydrogen-bond acceptors (Lipinski definition) is 3. The third-order valence-electron chi connectivity index (χ3n) is 2.48. The minimum Gasteiger partial charge on any atom is -0.300 e. The number of ketones is 1. The summed E-state index contributed by atoms with van der Waals surface area (Å²) in [6.07, 6.45) is 1.36. The van der Waals surface area contributed by atoms with Crippen LogP contribution in [0, 0.1) is 5.92 Å². The van der Waals surface area contributed by atoms with E-state index >= 15 is 0 Å². The second-order valence-electron chi connectivity index (χ2n) is 4.57. The van der Waals surface area contributed by atoms with Crippen molar-refractivity contribution in [2.75, 3.05) is 0 Å². The van der Waals surface area contributed by atoms with Crippen molar-refractivity contribution in [1.82, 2.24) is 4.72 Å². The van der Waals surface area contributed by atoms with Crippen molar-refractivity contribution >= 4 is 23.6 Å². The largest absolute Gasteiger partial charge is 0.300 e. The number of nitrogens with one attached hydrogen (secondary N) is 1. The summed E-state index contributed by atoms with van der Waals surface area (Å²) in [5.74, 6) is 0.227. The van der Waals surface area contributed by atoms with Gasteiger partial charge < -0.3 is 4.79 Å². The minimum atomic E-state index is -0.00709. The molecule has 0 heterocycles. The molecule has 0 saturated carbocycles. The quantitative estimate of drug-likeness (QED) is 0.804. The average molecular weight is 265 g/mol. The molecule has 0 saturated heterocycles. The van der Waals surface area contributed by atoms with Crippen LogP contribution in [0.3, 0.4) is 0 Å². The maximum Gasteiger partial charge on any atom is 0.232 e. The topological polar surface area (TPSA) is 46.2 Å². The molecule has 0 fully saturated rings. The zero-order valence-corrected chi connectivity index (χ0v) is 11.8. The first-order valence-electron chi connectivity index (χ1n) is 6.04. The maximum atomic E-state index is 11.4. The predicted octanol–water partition coefficient (Wildman–Crippen LogP) is 2.99. The standard InChI is InChI=1S/C14H19NO2S/c1-10(2)14(17)15-18-13-8-6-12(7-9-13)5-4-11(3)16/h6-10H,4-5H2,1-3H3,(H,15,17). The smallest absolute Gasteiger partial charge is 0.232 e. The summed E-state index contributed by atoms with van der Waals surface area (Å²) in [6.45, 7) is 5.33. The summed E-state index contributed by atoms with van der Waals surface area (Å²) < 4.78 is 2.79. The van der Waals surface area contributed by atoms with Crippen LogP contribution in [0.5, 0.6) is 0 Å². The number of carbonyl (C=O) groups excluding carboxylic acids is 2. The summed E-state index contributed by atoms with van der Waals surface area (Å²) in [5.41, 5.74) is 1.14. The molecule has 1 rings (SSSR count). The van der Waals surface area contributed by atoms with Gasteiger partial charge in [0.2, 0.25) is 5.91 Å². The highest BCUT2D eigenvalue weighted by Crippen LogP contribution is 2.16. The van der Waals surface area contributed by atoms with Crippen molar-refractivity contribution in [3.8, 4) is 0 Å². The Bertz CT molecular complexity index is 412. The van der Waals surface area contributed by atoms with E-state index in [1.807, 2.05) is 38.1 Å². The van der Waals surface area contributed by atoms with Crippen LogP contribution in [-0.4, -0.2) is 11.7 Å². The second-order valence-corrected chi connectivity index (χ2v) is 5.45. The van der Waals surface area contributed by atoms with Crippen LogP contribution in [0.25, 0.3) is 0 Å². The van der Waals surface area contributed by atoms with Crippen molar-refractivity contribution in [2.45, 2.75) is 38.5 Å². The van der Waals surface area contributed by atoms with Gasteiger partial charge >= 0.3 is 0 Å². The molecule has 0 aliphatic heterocycles. The van der Waals surface area contributed by atoms with E-state index in [4.69, 9.17) is 0 Å². The molecule has 3 nitrogen and oxygen atoms in total. The van der Waals surface area contributed by atoms with Crippen LogP contribution in [-0.2, 0) is 16.0 Å². The van der Waals surface area contributed by atoms with Gasteiger partial charge in [0, 0.05) is 17.2 Å². The molecule has 4 heteroatoms. The van der Waals surface area contributed by atoms with Crippen LogP contribution in [0.2, 0.25) is 0 Å². The van der Waals surface area contributed by atoms with Crippen molar-refractivity contribution < 1.29 is 9.59 Å². The van der Waals surface area contributed by atoms with Gasteiger partial charge in [0.15, 0.2) is 0 Å². The van der Waals surface area contributed by atoms with E-state index < -0.39 is 0 Å². The number of carbonyl (C=O) groups is 2. The van der Waals surface area contributed by atoms with Crippen LogP contribution in [0.1, 0.15) is 32.8 Å². The highest BCUT2D eigenvalue weighted by atomic mass is 32.2. The average Bonchev–Trinajstić information content (AvgIpc) is 2.34. The lowest BCUT2D eigenvalue weighted by molar-refractivity contribution is -0.122. The van der Waals surface area contributed by atoms with Gasteiger partial charge in [-0.05, 0) is 43.0 Å². The number of hydrogen-bond donors (Lipinski definition) is 1. The third kappa shape index (κ3) is 5.36. The second kappa shape index (κ2) is 7.21. The van der Waals surface area contributed by atoms with Crippen molar-refractivity contribution in [1.29, 1.82) is 0 Å². The molecular formula is C14H19NO2S. The summed E-state index contributed by atoms with van der Waals surface area (Å²) in [7, 11) is 0. The molecular weight excluding hydrogens is 246 g/mol. The fourth-order valence-corrected chi connectivity index (χ4v) is 2.00. The first-order chi connectivity index (χ1) is 8.49. The van der Waals surface area contributed by atoms with E-state index in [0.717, 1.165) is 16.9 Å². The van der Waals surface area contributed by atoms with Gasteiger partial charge in [0.25, 0.3) is 0 Å². The number of Topliss-reactive ketones (excluding diaryl/α,β-unsaturated/α-hetero) is 1. The van der Waals surface area contributed by atoms with Gasteiger partial charge in [0.1, 0.15) is 5.78 Å². The van der Waals surface area contributed by atoms with Gasteiger partial charge in [-0.3, -0.25) is 9.52 Å². The molecule has 0 aliphatic carbocycles. The van der Waals surface area contributed by atoms with Crippen molar-refractivity contribution in [3.63, 3.8) is 0 Å². The molecule has 0 unspecified atom stereocenters. The van der Waals surface area contributed by atoms with E-state index in [9.17, 15) is 9.59 Å². The lowest BCUT2D eigenvalue weighted by atomic mass is 10.1. The zero-order valence-electron chi connectivity index (χ0n) is 11.0. The summed E-state index contributed by atoms with van der Waals surface area (Å²) in [5, 5.41) is 0. The van der Waals surface area contributed by atoms with Crippen molar-refractivity contribution in [2.24, 2.45) is 5.92 Å². The molecule has 98 valence electrons. The molecule has 1 amide bonds. The highest BCUT2D eigenvalue weighted by Gasteiger charge is 2.06. The van der Waals surface area contributed by atoms with E-state index in [-0.39, 0.29) is 17.6 Å². The van der Waals surface area contributed by atoms with E-state index in [2.05, 4.69) is 4.72 Å². The van der Waals surface area contributed by atoms with Crippen LogP contribution in [0.15, 0.2) is 29.2 Å². The molecule has 1 aromatic carbocycles. The monoisotopic (exact) mass is 265 g/mol. The van der Waals surface area contributed by atoms with Gasteiger partial charge in [-0.15, -0.1) is 0 Å². The predicted molar refractivity (Wildman–Crippen MR) is 74.3 cm³/mol. The van der Waals surface area contributed by atoms with Gasteiger partial charge in [-0.25, -0.2) is 0 Å². The van der Waals surface area contributed by atoms with Crippen LogP contribution >= 0.6 is 11.9 Å². The molecule has 18 heavy (non-hydrogen) atoms. The lowest BCUT2D eigenvalue weighted by Crippen LogP contribution is -2.21. The molecule has 0 radical (unpaired) electrons. The van der Waals surface area contributed by atoms with Crippen molar-refractivity contribution in [3.05, 3.63) is 29.8 Å². The first-order valence-corrected chi connectivity index (χ1v) is 6.85. The highest BCUT2D eigenvalue weighted by molar-refractivity contribution is 7.98. The number of aryl methyl sites for hydroxylation is 1. The third-order valence-corrected chi connectivity index (χ3v) is 3.29. The van der Waals surface area contributed by atoms with Crippen LogP contribution in [0.4, 0.5) is 0 Å². The Morgan fingerprint density at radius 2 is 1.83 bits per heavy atom. The normalized spacial score (nSPS) is 10.4.